The first kappa shape index (κ1) is 58.8. The Morgan fingerprint density at radius 2 is 0.869 bits per heavy atom. The number of carbonyl (C=O) groups excluding carboxylic acids is 2. The summed E-state index contributed by atoms with van der Waals surface area (Å²) in [5.74, 6) is 0.974. The molecule has 426 valence electrons. The van der Waals surface area contributed by atoms with Gasteiger partial charge in [0, 0.05) is 74.4 Å². The maximum atomic E-state index is 15.1. The van der Waals surface area contributed by atoms with Gasteiger partial charge in [0.25, 0.3) is 11.8 Å². The van der Waals surface area contributed by atoms with Crippen LogP contribution in [0.2, 0.25) is 0 Å². The predicted molar refractivity (Wildman–Crippen MR) is 336 cm³/mol. The Morgan fingerprint density at radius 3 is 1.32 bits per heavy atom. The van der Waals surface area contributed by atoms with E-state index in [2.05, 4.69) is 40.6 Å². The van der Waals surface area contributed by atoms with Gasteiger partial charge in [0.2, 0.25) is 0 Å². The maximum absolute atomic E-state index is 15.1. The lowest BCUT2D eigenvalue weighted by Gasteiger charge is -2.31. The van der Waals surface area contributed by atoms with Crippen LogP contribution in [0.3, 0.4) is 0 Å². The summed E-state index contributed by atoms with van der Waals surface area (Å²) in [4.78, 5) is 56.4. The smallest absolute Gasteiger partial charge is 0.257 e. The van der Waals surface area contributed by atoms with E-state index in [1.165, 1.54) is 59.6 Å². The molecule has 0 fully saturated rings. The average molecular weight is 1180 g/mol. The molecule has 0 aliphatic carbocycles. The van der Waals surface area contributed by atoms with Crippen molar-refractivity contribution >= 4 is 90.1 Å². The van der Waals surface area contributed by atoms with Crippen molar-refractivity contribution < 1.29 is 22.8 Å². The molecule has 0 saturated heterocycles. The van der Waals surface area contributed by atoms with Crippen LogP contribution in [0.4, 0.5) is 18.9 Å². The highest BCUT2D eigenvalue weighted by Gasteiger charge is 2.36. The molecule has 0 spiro atoms. The van der Waals surface area contributed by atoms with Crippen molar-refractivity contribution in [2.75, 3.05) is 23.0 Å². The molecule has 0 bridgehead atoms. The van der Waals surface area contributed by atoms with Gasteiger partial charge < -0.3 is 22.1 Å². The zero-order valence-electron chi connectivity index (χ0n) is 46.4. The van der Waals surface area contributed by atoms with Crippen LogP contribution in [0.5, 0.6) is 0 Å². The number of hydrogen-bond acceptors (Lipinski definition) is 14. The highest BCUT2D eigenvalue weighted by molar-refractivity contribution is 8.14. The van der Waals surface area contributed by atoms with E-state index in [-0.39, 0.29) is 29.3 Å². The summed E-state index contributed by atoms with van der Waals surface area (Å²) in [5, 5.41) is 9.23. The van der Waals surface area contributed by atoms with Crippen molar-refractivity contribution in [3.8, 4) is 0 Å². The van der Waals surface area contributed by atoms with Gasteiger partial charge in [-0.3, -0.25) is 24.6 Å². The summed E-state index contributed by atoms with van der Waals surface area (Å²) < 4.78 is 43.9. The Morgan fingerprint density at radius 1 is 0.476 bits per heavy atom. The second-order valence-electron chi connectivity index (χ2n) is 20.9. The van der Waals surface area contributed by atoms with E-state index in [1.54, 1.807) is 61.2 Å². The standard InChI is InChI=1S/C27H23FN4OS.C20H19FN4S.C18H18FN3OS/c1-27(13-14-34-26(32-27)31-25(33)19-7-3-2-4-8-19)21-15-18(11-12-22(21)28)16-24-20-9-5-6-10-23(20)29-17-30-24;1-20(8-9-26-19(22)25-20)15-10-13(6-7-16(15)21)11-18-14-4-2-3-5-17(14)23-12-24-18;1-18(14-11-13(20)7-8-15(14)19)9-10-24-17(22-18)21-16(23)12-5-3-2-4-6-12/h2-12,15,17H,13-14,16H2,1H3,(H,31,32,33);2-7,10,12H,8-9,11H2,1H3,(H2,22,25);2-8,11H,9-10,20H2,1H3,(H,21,22,23)/t27-;20-;18-/m000/s1. The van der Waals surface area contributed by atoms with Crippen molar-refractivity contribution in [1.82, 2.24) is 30.6 Å². The van der Waals surface area contributed by atoms with Crippen LogP contribution < -0.4 is 22.1 Å². The Bertz CT molecular complexity index is 3980. The third kappa shape index (κ3) is 14.0. The number of carbonyl (C=O) groups is 2. The number of rotatable bonds is 9. The Labute approximate surface area is 498 Å². The number of aliphatic imine (C=N–C) groups is 3. The number of para-hydroxylation sites is 2. The van der Waals surface area contributed by atoms with E-state index in [0.29, 0.717) is 74.7 Å². The van der Waals surface area contributed by atoms with E-state index < -0.39 is 16.6 Å². The second-order valence-corrected chi connectivity index (χ2v) is 24.2. The molecule has 2 aromatic heterocycles. The normalized spacial score (nSPS) is 19.3. The predicted octanol–water partition coefficient (Wildman–Crippen LogP) is 13.1. The first-order chi connectivity index (χ1) is 40.5. The molecular weight excluding hydrogens is 1120 g/mol. The van der Waals surface area contributed by atoms with Crippen molar-refractivity contribution in [3.05, 3.63) is 244 Å². The fraction of sp³-hybridized carbons (Fsp3) is 0.215. The van der Waals surface area contributed by atoms with Crippen LogP contribution in [0.1, 0.15) is 100.0 Å². The number of nitrogens with two attached hydrogens (primary N) is 2. The number of amidine groups is 3. The molecule has 7 aromatic carbocycles. The third-order valence-corrected chi connectivity index (χ3v) is 17.4. The average Bonchev–Trinajstić information content (AvgIpc) is 3.65. The monoisotopic (exact) mass is 1180 g/mol. The molecule has 12 rings (SSSR count). The number of amides is 2. The number of fused-ring (bicyclic) bond motifs is 2. The van der Waals surface area contributed by atoms with E-state index in [0.717, 1.165) is 68.0 Å². The van der Waals surface area contributed by atoms with Crippen molar-refractivity contribution in [2.24, 2.45) is 20.7 Å². The highest BCUT2D eigenvalue weighted by atomic mass is 32.2. The number of hydrogen-bond donors (Lipinski definition) is 4. The minimum absolute atomic E-state index is 0.221. The van der Waals surface area contributed by atoms with Crippen LogP contribution in [0.25, 0.3) is 21.8 Å². The van der Waals surface area contributed by atoms with E-state index in [9.17, 15) is 18.4 Å². The van der Waals surface area contributed by atoms with Gasteiger partial charge in [0.15, 0.2) is 15.5 Å². The molecule has 0 unspecified atom stereocenters. The number of nitrogen functional groups attached to an aromatic ring is 1. The summed E-state index contributed by atoms with van der Waals surface area (Å²) in [7, 11) is 0. The molecule has 3 atom stereocenters. The van der Waals surface area contributed by atoms with Gasteiger partial charge in [-0.1, -0.05) is 132 Å². The number of halogens is 3. The minimum Gasteiger partial charge on any atom is -0.399 e. The van der Waals surface area contributed by atoms with Crippen LogP contribution in [0, 0.1) is 17.5 Å². The van der Waals surface area contributed by atoms with E-state index >= 15 is 4.39 Å². The van der Waals surface area contributed by atoms with Crippen molar-refractivity contribution in [3.63, 3.8) is 0 Å². The van der Waals surface area contributed by atoms with Gasteiger partial charge in [-0.25, -0.2) is 33.1 Å². The van der Waals surface area contributed by atoms with Gasteiger partial charge in [-0.05, 0) is 118 Å². The fourth-order valence-corrected chi connectivity index (χ4v) is 13.4. The summed E-state index contributed by atoms with van der Waals surface area (Å²) >= 11 is 4.45. The molecule has 0 radical (unpaired) electrons. The molecular formula is C65H60F3N11O2S3. The lowest BCUT2D eigenvalue weighted by molar-refractivity contribution is 0.0969. The molecule has 3 aliphatic rings. The van der Waals surface area contributed by atoms with Crippen LogP contribution in [-0.2, 0) is 29.5 Å². The van der Waals surface area contributed by atoms with Crippen molar-refractivity contribution in [2.45, 2.75) is 69.5 Å². The molecule has 19 heteroatoms. The van der Waals surface area contributed by atoms with Gasteiger partial charge >= 0.3 is 0 Å². The largest absolute Gasteiger partial charge is 0.399 e. The lowest BCUT2D eigenvalue weighted by Crippen LogP contribution is -2.35. The van der Waals surface area contributed by atoms with Crippen LogP contribution in [0.15, 0.2) is 191 Å². The lowest BCUT2D eigenvalue weighted by atomic mass is 9.87. The van der Waals surface area contributed by atoms with E-state index in [4.69, 9.17) is 16.5 Å². The molecule has 5 heterocycles. The van der Waals surface area contributed by atoms with Crippen molar-refractivity contribution in [1.29, 1.82) is 0 Å². The van der Waals surface area contributed by atoms with Crippen LogP contribution in [-0.4, -0.2) is 64.5 Å². The molecule has 13 nitrogen and oxygen atoms in total. The number of anilines is 1. The first-order valence-electron chi connectivity index (χ1n) is 27.2. The zero-order valence-corrected chi connectivity index (χ0v) is 48.8. The Hall–Kier alpha value is -8.39. The molecule has 2 amide bonds. The summed E-state index contributed by atoms with van der Waals surface area (Å²) in [6, 6.07) is 48.6. The highest BCUT2D eigenvalue weighted by Crippen LogP contribution is 2.40. The number of aromatic nitrogens is 4. The van der Waals surface area contributed by atoms with E-state index in [1.807, 2.05) is 112 Å². The quantitative estimate of drug-likeness (QED) is 0.100. The molecule has 9 aromatic rings. The van der Waals surface area contributed by atoms with Gasteiger partial charge in [0.05, 0.1) is 39.0 Å². The summed E-state index contributed by atoms with van der Waals surface area (Å²) in [6.45, 7) is 5.73. The SMILES string of the molecule is C[C@@]1(c2cc(Cc3ncnc4ccccc34)ccc2F)CCSC(N)=N1.C[C@@]1(c2cc(Cc3ncnc4ccccc34)ccc2F)CCSC(NC(=O)c2ccccc2)=N1.C[C@@]1(c2cc(N)ccc2F)CCSC(NC(=O)c2ccccc2)=N1. The maximum Gasteiger partial charge on any atom is 0.257 e. The minimum atomic E-state index is -0.779. The Balaban J connectivity index is 0.000000143. The molecule has 0 saturated carbocycles. The molecule has 6 N–H and O–H groups in total. The number of nitrogens with one attached hydrogen (secondary N) is 2. The molecule has 84 heavy (non-hydrogen) atoms. The Kier molecular flexibility index (Phi) is 18.2. The second kappa shape index (κ2) is 26.0. The van der Waals surface area contributed by atoms with Gasteiger partial charge in [-0.15, -0.1) is 0 Å². The number of benzene rings is 7. The van der Waals surface area contributed by atoms with Gasteiger partial charge in [0.1, 0.15) is 30.1 Å². The summed E-state index contributed by atoms with van der Waals surface area (Å²) in [6.07, 6.45) is 6.40. The topological polar surface area (TPSA) is 199 Å². The summed E-state index contributed by atoms with van der Waals surface area (Å²) in [5.41, 5.74) is 18.3. The van der Waals surface area contributed by atoms with Crippen LogP contribution >= 0.6 is 35.3 Å². The zero-order chi connectivity index (χ0) is 58.8. The van der Waals surface area contributed by atoms with Gasteiger partial charge in [-0.2, -0.15) is 0 Å². The fourth-order valence-electron chi connectivity index (χ4n) is 10.2. The first-order valence-corrected chi connectivity index (χ1v) is 30.2. The number of thioether (sulfide) groups is 3. The number of nitrogens with zero attached hydrogens (tertiary/aromatic N) is 7. The molecule has 3 aliphatic heterocycles. The third-order valence-electron chi connectivity index (χ3n) is 14.8.